The van der Waals surface area contributed by atoms with Crippen LogP contribution in [0.25, 0.3) is 0 Å². The number of carbonyl (C=O) groups excluding carboxylic acids is 2. The monoisotopic (exact) mass is 655 g/mol. The van der Waals surface area contributed by atoms with Gasteiger partial charge in [-0.05, 0) is 66.3 Å². The minimum atomic E-state index is -4.18. The Hall–Kier alpha value is -4.63. The van der Waals surface area contributed by atoms with Crippen LogP contribution in [0.3, 0.4) is 0 Å². The molecule has 0 saturated carbocycles. The summed E-state index contributed by atoms with van der Waals surface area (Å²) in [6.07, 6.45) is 0.808. The molecule has 0 fully saturated rings. The lowest BCUT2D eigenvalue weighted by Gasteiger charge is -2.34. The number of nitrogens with one attached hydrogen (secondary N) is 1. The fourth-order valence-electron chi connectivity index (χ4n) is 5.35. The normalized spacial score (nSPS) is 12.0. The molecule has 9 heteroatoms. The van der Waals surface area contributed by atoms with E-state index in [9.17, 15) is 18.0 Å². The van der Waals surface area contributed by atoms with Crippen LogP contribution < -0.4 is 14.4 Å². The van der Waals surface area contributed by atoms with E-state index < -0.39 is 28.5 Å². The first-order valence-corrected chi connectivity index (χ1v) is 17.4. The highest BCUT2D eigenvalue weighted by Crippen LogP contribution is 2.29. The quantitative estimate of drug-likeness (QED) is 0.165. The van der Waals surface area contributed by atoms with Gasteiger partial charge < -0.3 is 15.0 Å². The van der Waals surface area contributed by atoms with Crippen molar-refractivity contribution in [1.82, 2.24) is 10.2 Å². The van der Waals surface area contributed by atoms with Gasteiger partial charge in [-0.15, -0.1) is 0 Å². The predicted molar refractivity (Wildman–Crippen MR) is 187 cm³/mol. The van der Waals surface area contributed by atoms with Crippen molar-refractivity contribution in [3.8, 4) is 5.75 Å². The van der Waals surface area contributed by atoms with E-state index in [1.165, 1.54) is 9.21 Å². The number of para-hydroxylation sites is 1. The first-order chi connectivity index (χ1) is 22.5. The van der Waals surface area contributed by atoms with Gasteiger partial charge >= 0.3 is 0 Å². The Morgan fingerprint density at radius 3 is 2.17 bits per heavy atom. The van der Waals surface area contributed by atoms with Gasteiger partial charge in [0.1, 0.15) is 18.3 Å². The van der Waals surface area contributed by atoms with Crippen molar-refractivity contribution in [2.45, 2.75) is 58.0 Å². The molecule has 4 aromatic carbocycles. The van der Waals surface area contributed by atoms with Gasteiger partial charge in [-0.2, -0.15) is 0 Å². The Morgan fingerprint density at radius 1 is 0.851 bits per heavy atom. The average Bonchev–Trinajstić information content (AvgIpc) is 3.08. The van der Waals surface area contributed by atoms with Crippen LogP contribution in [0, 0.1) is 12.8 Å². The summed E-state index contributed by atoms with van der Waals surface area (Å²) >= 11 is 0. The number of carbonyl (C=O) groups is 2. The predicted octanol–water partition coefficient (Wildman–Crippen LogP) is 6.17. The number of rotatable bonds is 15. The smallest absolute Gasteiger partial charge is 0.264 e. The zero-order valence-electron chi connectivity index (χ0n) is 27.8. The van der Waals surface area contributed by atoms with Crippen LogP contribution in [0.2, 0.25) is 0 Å². The molecule has 47 heavy (non-hydrogen) atoms. The number of sulfonamides is 1. The van der Waals surface area contributed by atoms with E-state index in [1.54, 1.807) is 43.5 Å². The first-order valence-electron chi connectivity index (χ1n) is 15.9. The second kappa shape index (κ2) is 16.3. The number of anilines is 1. The van der Waals surface area contributed by atoms with E-state index in [1.807, 2.05) is 94.4 Å². The van der Waals surface area contributed by atoms with Crippen LogP contribution >= 0.6 is 0 Å². The second-order valence-corrected chi connectivity index (χ2v) is 13.9. The summed E-state index contributed by atoms with van der Waals surface area (Å²) in [5.74, 6) is -0.00509. The zero-order valence-corrected chi connectivity index (χ0v) is 28.7. The molecule has 4 aromatic rings. The van der Waals surface area contributed by atoms with Gasteiger partial charge in [0.25, 0.3) is 10.0 Å². The maximum atomic E-state index is 14.7. The first kappa shape index (κ1) is 35.2. The van der Waals surface area contributed by atoms with Crippen molar-refractivity contribution in [3.05, 3.63) is 125 Å². The molecule has 8 nitrogen and oxygen atoms in total. The minimum absolute atomic E-state index is 0.0659. The fourth-order valence-corrected chi connectivity index (χ4v) is 6.80. The molecule has 0 heterocycles. The molecule has 0 aliphatic carbocycles. The molecule has 0 saturated heterocycles. The summed E-state index contributed by atoms with van der Waals surface area (Å²) in [6, 6.07) is 29.7. The lowest BCUT2D eigenvalue weighted by Crippen LogP contribution is -2.53. The molecule has 0 bridgehead atoms. The Balaban J connectivity index is 1.83. The van der Waals surface area contributed by atoms with E-state index in [2.05, 4.69) is 5.32 Å². The third-order valence-electron chi connectivity index (χ3n) is 7.97. The van der Waals surface area contributed by atoms with Gasteiger partial charge in [0, 0.05) is 19.5 Å². The van der Waals surface area contributed by atoms with E-state index in [0.717, 1.165) is 22.3 Å². The molecular formula is C38H45N3O5S. The highest BCUT2D eigenvalue weighted by Gasteiger charge is 2.35. The van der Waals surface area contributed by atoms with E-state index in [0.29, 0.717) is 24.4 Å². The molecule has 1 atom stereocenters. The van der Waals surface area contributed by atoms with E-state index in [4.69, 9.17) is 4.74 Å². The molecule has 0 radical (unpaired) electrons. The third kappa shape index (κ3) is 9.23. The summed E-state index contributed by atoms with van der Waals surface area (Å²) in [5.41, 5.74) is 3.75. The van der Waals surface area contributed by atoms with Crippen molar-refractivity contribution < 1.29 is 22.7 Å². The number of aryl methyl sites for hydroxylation is 2. The number of hydrogen-bond acceptors (Lipinski definition) is 5. The van der Waals surface area contributed by atoms with Crippen LogP contribution in [0.5, 0.6) is 5.75 Å². The van der Waals surface area contributed by atoms with Gasteiger partial charge in [-0.1, -0.05) is 99.1 Å². The highest BCUT2D eigenvalue weighted by molar-refractivity contribution is 7.92. The standard InChI is InChI=1S/C38H45N3O5S/c1-6-32-16-10-11-18-35(32)41(47(44,45)34-21-19-29(4)20-22-34)27-37(42)40(26-31-15-12-17-33(23-31)46-5)36(38(43)39-25-28(2)3)24-30-13-8-7-9-14-30/h7-23,28,36H,6,24-27H2,1-5H3,(H,39,43)/t36-/m1/s1. The highest BCUT2D eigenvalue weighted by atomic mass is 32.2. The summed E-state index contributed by atoms with van der Waals surface area (Å²) in [4.78, 5) is 30.2. The molecule has 0 unspecified atom stereocenters. The number of nitrogens with zero attached hydrogens (tertiary/aromatic N) is 2. The van der Waals surface area contributed by atoms with Crippen molar-refractivity contribution in [1.29, 1.82) is 0 Å². The van der Waals surface area contributed by atoms with Crippen molar-refractivity contribution in [2.75, 3.05) is 24.5 Å². The Labute approximate surface area is 279 Å². The van der Waals surface area contributed by atoms with Crippen LogP contribution in [-0.2, 0) is 39.0 Å². The lowest BCUT2D eigenvalue weighted by atomic mass is 10.0. The summed E-state index contributed by atoms with van der Waals surface area (Å²) < 4.78 is 35.3. The number of hydrogen-bond donors (Lipinski definition) is 1. The van der Waals surface area contributed by atoms with Gasteiger partial charge in [-0.25, -0.2) is 8.42 Å². The number of methoxy groups -OCH3 is 1. The van der Waals surface area contributed by atoms with Crippen LogP contribution in [0.1, 0.15) is 43.0 Å². The molecule has 0 aliphatic heterocycles. The van der Waals surface area contributed by atoms with Crippen LogP contribution in [-0.4, -0.2) is 51.4 Å². The zero-order chi connectivity index (χ0) is 34.0. The van der Waals surface area contributed by atoms with Crippen molar-refractivity contribution in [2.24, 2.45) is 5.92 Å². The van der Waals surface area contributed by atoms with Crippen molar-refractivity contribution >= 4 is 27.5 Å². The van der Waals surface area contributed by atoms with Gasteiger partial charge in [0.15, 0.2) is 0 Å². The minimum Gasteiger partial charge on any atom is -0.497 e. The van der Waals surface area contributed by atoms with Crippen molar-refractivity contribution in [3.63, 3.8) is 0 Å². The molecule has 248 valence electrons. The van der Waals surface area contributed by atoms with Gasteiger partial charge in [-0.3, -0.25) is 13.9 Å². The van der Waals surface area contributed by atoms with E-state index >= 15 is 0 Å². The number of amides is 2. The van der Waals surface area contributed by atoms with Crippen LogP contribution in [0.4, 0.5) is 5.69 Å². The Morgan fingerprint density at radius 2 is 1.51 bits per heavy atom. The lowest BCUT2D eigenvalue weighted by molar-refractivity contribution is -0.140. The Kier molecular flexibility index (Phi) is 12.2. The summed E-state index contributed by atoms with van der Waals surface area (Å²) in [6.45, 7) is 7.84. The maximum Gasteiger partial charge on any atom is 0.264 e. The molecule has 2 amide bonds. The topological polar surface area (TPSA) is 96.0 Å². The molecule has 0 aliphatic rings. The molecule has 0 spiro atoms. The van der Waals surface area contributed by atoms with Gasteiger partial charge in [0.2, 0.25) is 11.8 Å². The fraction of sp³-hybridized carbons (Fsp3) is 0.316. The second-order valence-electron chi connectivity index (χ2n) is 12.0. The average molecular weight is 656 g/mol. The molecule has 1 N–H and O–H groups in total. The molecule has 4 rings (SSSR count). The number of benzene rings is 4. The summed E-state index contributed by atoms with van der Waals surface area (Å²) in [5, 5.41) is 3.02. The SMILES string of the molecule is CCc1ccccc1N(CC(=O)N(Cc1cccc(OC)c1)[C@H](Cc1ccccc1)C(=O)NCC(C)C)S(=O)(=O)c1ccc(C)cc1. The van der Waals surface area contributed by atoms with E-state index in [-0.39, 0.29) is 29.7 Å². The molecular weight excluding hydrogens is 611 g/mol. The largest absolute Gasteiger partial charge is 0.497 e. The Bertz CT molecular complexity index is 1740. The maximum absolute atomic E-state index is 14.7. The van der Waals surface area contributed by atoms with Crippen LogP contribution in [0.15, 0.2) is 108 Å². The summed E-state index contributed by atoms with van der Waals surface area (Å²) in [7, 11) is -2.61. The number of ether oxygens (including phenoxy) is 1. The molecule has 0 aromatic heterocycles. The van der Waals surface area contributed by atoms with Gasteiger partial charge in [0.05, 0.1) is 17.7 Å². The third-order valence-corrected chi connectivity index (χ3v) is 9.75.